The van der Waals surface area contributed by atoms with Crippen LogP contribution in [0.5, 0.6) is 0 Å². The molecular formula is C13H14BrNO3. The molecule has 0 unspecified atom stereocenters. The molecule has 4 nitrogen and oxygen atoms in total. The van der Waals surface area contributed by atoms with Crippen molar-refractivity contribution in [1.29, 1.82) is 0 Å². The second kappa shape index (κ2) is 6.13. The highest BCUT2D eigenvalue weighted by Crippen LogP contribution is 2.23. The van der Waals surface area contributed by atoms with Gasteiger partial charge in [-0.05, 0) is 18.2 Å². The van der Waals surface area contributed by atoms with Crippen molar-refractivity contribution < 1.29 is 14.3 Å². The first-order chi connectivity index (χ1) is 8.72. The quantitative estimate of drug-likeness (QED) is 0.659. The summed E-state index contributed by atoms with van der Waals surface area (Å²) in [5, 5.41) is 0.907. The van der Waals surface area contributed by atoms with Crippen LogP contribution >= 0.6 is 15.9 Å². The molecule has 1 heterocycles. The summed E-state index contributed by atoms with van der Waals surface area (Å²) in [7, 11) is 1.60. The maximum Gasteiger partial charge on any atom is 0.190 e. The molecule has 0 saturated carbocycles. The van der Waals surface area contributed by atoms with Crippen LogP contribution in [0.1, 0.15) is 10.4 Å². The molecule has 2 aromatic rings. The first-order valence-electron chi connectivity index (χ1n) is 5.59. The molecule has 0 bridgehead atoms. The molecule has 0 fully saturated rings. The third kappa shape index (κ3) is 2.98. The normalized spacial score (nSPS) is 11.0. The van der Waals surface area contributed by atoms with E-state index in [9.17, 15) is 4.79 Å². The van der Waals surface area contributed by atoms with Crippen molar-refractivity contribution in [2.24, 2.45) is 0 Å². The molecule has 0 atom stereocenters. The van der Waals surface area contributed by atoms with E-state index in [2.05, 4.69) is 20.9 Å². The Kier molecular flexibility index (Phi) is 4.52. The zero-order valence-corrected chi connectivity index (χ0v) is 11.6. The lowest BCUT2D eigenvalue weighted by Crippen LogP contribution is -2.11. The van der Waals surface area contributed by atoms with Crippen LogP contribution in [0.3, 0.4) is 0 Å². The molecular weight excluding hydrogens is 298 g/mol. The molecule has 0 aliphatic heterocycles. The molecule has 1 aromatic carbocycles. The summed E-state index contributed by atoms with van der Waals surface area (Å²) in [6.07, 6.45) is 1.72. The second-order valence-electron chi connectivity index (χ2n) is 3.86. The predicted octanol–water partition coefficient (Wildman–Crippen LogP) is 2.78. The average molecular weight is 312 g/mol. The largest absolute Gasteiger partial charge is 0.382 e. The number of aromatic amines is 1. The molecule has 0 spiro atoms. The predicted molar refractivity (Wildman–Crippen MR) is 73.0 cm³/mol. The Hall–Kier alpha value is -1.17. The van der Waals surface area contributed by atoms with Crippen LogP contribution in [0, 0.1) is 0 Å². The average Bonchev–Trinajstić information content (AvgIpc) is 2.77. The first-order valence-corrected chi connectivity index (χ1v) is 6.38. The molecule has 18 heavy (non-hydrogen) atoms. The molecule has 0 radical (unpaired) electrons. The van der Waals surface area contributed by atoms with Gasteiger partial charge in [-0.25, -0.2) is 0 Å². The lowest BCUT2D eigenvalue weighted by atomic mass is 10.1. The van der Waals surface area contributed by atoms with Crippen molar-refractivity contribution in [1.82, 2.24) is 4.98 Å². The van der Waals surface area contributed by atoms with Gasteiger partial charge in [0.2, 0.25) is 0 Å². The highest BCUT2D eigenvalue weighted by atomic mass is 79.9. The maximum atomic E-state index is 12.0. The number of benzene rings is 1. The number of fused-ring (bicyclic) bond motifs is 1. The van der Waals surface area contributed by atoms with Gasteiger partial charge in [0.05, 0.1) is 13.2 Å². The van der Waals surface area contributed by atoms with Crippen molar-refractivity contribution >= 4 is 32.6 Å². The van der Waals surface area contributed by atoms with E-state index in [1.54, 1.807) is 13.3 Å². The van der Waals surface area contributed by atoms with E-state index in [1.807, 2.05) is 18.2 Å². The smallest absolute Gasteiger partial charge is 0.190 e. The number of ether oxygens (including phenoxy) is 2. The summed E-state index contributed by atoms with van der Waals surface area (Å²) in [5.41, 5.74) is 1.60. The zero-order chi connectivity index (χ0) is 13.0. The van der Waals surface area contributed by atoms with Gasteiger partial charge >= 0.3 is 0 Å². The molecule has 0 saturated heterocycles. The van der Waals surface area contributed by atoms with Gasteiger partial charge in [0.1, 0.15) is 6.61 Å². The standard InChI is InChI=1S/C13H14BrNO3/c1-17-4-5-18-8-13(16)11-7-15-12-3-2-9(14)6-10(11)12/h2-3,6-7,15H,4-5,8H2,1H3. The van der Waals surface area contributed by atoms with E-state index in [1.165, 1.54) is 0 Å². The van der Waals surface area contributed by atoms with Crippen LogP contribution in [0.25, 0.3) is 10.9 Å². The Morgan fingerprint density at radius 3 is 3.00 bits per heavy atom. The van der Waals surface area contributed by atoms with Crippen molar-refractivity contribution in [3.05, 3.63) is 34.4 Å². The minimum atomic E-state index is -0.0320. The molecule has 1 N–H and O–H groups in total. The second-order valence-corrected chi connectivity index (χ2v) is 4.78. The number of carbonyl (C=O) groups excluding carboxylic acids is 1. The molecule has 2 rings (SSSR count). The van der Waals surface area contributed by atoms with E-state index in [4.69, 9.17) is 9.47 Å². The Labute approximate surface area is 113 Å². The lowest BCUT2D eigenvalue weighted by molar-refractivity contribution is 0.0578. The fraction of sp³-hybridized carbons (Fsp3) is 0.308. The minimum absolute atomic E-state index is 0.0320. The molecule has 1 aromatic heterocycles. The number of ketones is 1. The number of H-pyrrole nitrogens is 1. The van der Waals surface area contributed by atoms with Crippen molar-refractivity contribution in [3.8, 4) is 0 Å². The van der Waals surface area contributed by atoms with E-state index in [0.717, 1.165) is 15.4 Å². The fourth-order valence-corrected chi connectivity index (χ4v) is 2.07. The van der Waals surface area contributed by atoms with Crippen molar-refractivity contribution in [3.63, 3.8) is 0 Å². The number of nitrogens with one attached hydrogen (secondary N) is 1. The van der Waals surface area contributed by atoms with Crippen LogP contribution in [-0.4, -0.2) is 37.7 Å². The molecule has 96 valence electrons. The zero-order valence-electron chi connectivity index (χ0n) is 10.0. The van der Waals surface area contributed by atoms with Gasteiger partial charge in [0.15, 0.2) is 5.78 Å². The Bertz CT molecular complexity index is 550. The number of hydrogen-bond acceptors (Lipinski definition) is 3. The number of methoxy groups -OCH3 is 1. The summed E-state index contributed by atoms with van der Waals surface area (Å²) in [5.74, 6) is -0.0320. The van der Waals surface area contributed by atoms with Crippen molar-refractivity contribution in [2.45, 2.75) is 0 Å². The van der Waals surface area contributed by atoms with Gasteiger partial charge in [-0.3, -0.25) is 4.79 Å². The number of rotatable bonds is 6. The van der Waals surface area contributed by atoms with Crippen molar-refractivity contribution in [2.75, 3.05) is 26.9 Å². The topological polar surface area (TPSA) is 51.3 Å². The highest BCUT2D eigenvalue weighted by Gasteiger charge is 2.12. The van der Waals surface area contributed by atoms with Gasteiger partial charge in [0, 0.05) is 34.2 Å². The summed E-state index contributed by atoms with van der Waals surface area (Å²) < 4.78 is 11.0. The van der Waals surface area contributed by atoms with Gasteiger partial charge < -0.3 is 14.5 Å². The number of Topliss-reactive ketones (excluding diaryl/α,β-unsaturated/α-hetero) is 1. The number of halogens is 1. The first kappa shape index (κ1) is 13.3. The highest BCUT2D eigenvalue weighted by molar-refractivity contribution is 9.10. The van der Waals surface area contributed by atoms with Gasteiger partial charge in [0.25, 0.3) is 0 Å². The SMILES string of the molecule is COCCOCC(=O)c1c[nH]c2ccc(Br)cc12. The Morgan fingerprint density at radius 2 is 2.22 bits per heavy atom. The van der Waals surface area contributed by atoms with Crippen LogP contribution in [0.2, 0.25) is 0 Å². The van der Waals surface area contributed by atoms with E-state index < -0.39 is 0 Å². The number of carbonyl (C=O) groups is 1. The maximum absolute atomic E-state index is 12.0. The van der Waals surface area contributed by atoms with Crippen LogP contribution < -0.4 is 0 Å². The van der Waals surface area contributed by atoms with Crippen LogP contribution in [0.4, 0.5) is 0 Å². The van der Waals surface area contributed by atoms with Gasteiger partial charge in [-0.1, -0.05) is 15.9 Å². The lowest BCUT2D eigenvalue weighted by Gasteiger charge is -2.02. The van der Waals surface area contributed by atoms with E-state index in [-0.39, 0.29) is 12.4 Å². The Morgan fingerprint density at radius 1 is 1.39 bits per heavy atom. The molecule has 0 aliphatic rings. The van der Waals surface area contributed by atoms with Crippen LogP contribution in [-0.2, 0) is 9.47 Å². The monoisotopic (exact) mass is 311 g/mol. The van der Waals surface area contributed by atoms with Gasteiger partial charge in [-0.15, -0.1) is 0 Å². The minimum Gasteiger partial charge on any atom is -0.382 e. The molecule has 0 amide bonds. The third-order valence-electron chi connectivity index (χ3n) is 2.61. The summed E-state index contributed by atoms with van der Waals surface area (Å²) in [6, 6.07) is 5.79. The third-order valence-corrected chi connectivity index (χ3v) is 3.10. The summed E-state index contributed by atoms with van der Waals surface area (Å²) in [4.78, 5) is 15.1. The molecule has 0 aliphatic carbocycles. The van der Waals surface area contributed by atoms with E-state index >= 15 is 0 Å². The van der Waals surface area contributed by atoms with Gasteiger partial charge in [-0.2, -0.15) is 0 Å². The Balaban J connectivity index is 2.10. The van der Waals surface area contributed by atoms with E-state index in [0.29, 0.717) is 18.8 Å². The number of hydrogen-bond donors (Lipinski definition) is 1. The summed E-state index contributed by atoms with van der Waals surface area (Å²) in [6.45, 7) is 0.990. The van der Waals surface area contributed by atoms with Crippen LogP contribution in [0.15, 0.2) is 28.9 Å². The summed E-state index contributed by atoms with van der Waals surface area (Å²) >= 11 is 3.40. The number of aromatic nitrogens is 1. The fourth-order valence-electron chi connectivity index (χ4n) is 1.71. The molecule has 5 heteroatoms.